The first kappa shape index (κ1) is 21.4. The van der Waals surface area contributed by atoms with E-state index in [2.05, 4.69) is 110 Å². The molecule has 1 unspecified atom stereocenters. The standard InChI is InChI=1S/C34H32N2O/c1-21-19-26-31(32-30(21)24-12-6-8-15-29(24)37-32)28-20-22(33(2,3)4)16-18-36(28)34(26)25-13-7-5-11-23(25)27-14-9-10-17-35(27)34/h5,7,9-11,13-14,16-20H,6,8,12,15H2,1-4H3/q+2. The summed E-state index contributed by atoms with van der Waals surface area (Å²) < 4.78 is 11.9. The molecule has 5 aromatic rings. The predicted molar refractivity (Wildman–Crippen MR) is 146 cm³/mol. The van der Waals surface area contributed by atoms with E-state index < -0.39 is 5.66 Å². The molecule has 3 nitrogen and oxygen atoms in total. The molecule has 1 atom stereocenters. The van der Waals surface area contributed by atoms with Gasteiger partial charge in [-0.2, -0.15) is 0 Å². The van der Waals surface area contributed by atoms with Gasteiger partial charge in [-0.05, 0) is 67.0 Å². The van der Waals surface area contributed by atoms with Crippen LogP contribution in [0.3, 0.4) is 0 Å². The fraction of sp³-hybridized carbons (Fsp3) is 0.294. The van der Waals surface area contributed by atoms with Crippen LogP contribution in [-0.2, 0) is 23.9 Å². The Morgan fingerprint density at radius 1 is 0.811 bits per heavy atom. The zero-order valence-electron chi connectivity index (χ0n) is 22.1. The van der Waals surface area contributed by atoms with Crippen LogP contribution in [0, 0.1) is 6.92 Å². The fourth-order valence-electron chi connectivity index (χ4n) is 7.35. The van der Waals surface area contributed by atoms with E-state index in [9.17, 15) is 0 Å². The van der Waals surface area contributed by atoms with Crippen molar-refractivity contribution in [3.05, 3.63) is 107 Å². The number of nitrogens with zero attached hydrogens (tertiary/aromatic N) is 2. The minimum Gasteiger partial charge on any atom is -0.460 e. The molecule has 2 aromatic carbocycles. The molecule has 182 valence electrons. The van der Waals surface area contributed by atoms with E-state index in [0.29, 0.717) is 0 Å². The second-order valence-corrected chi connectivity index (χ2v) is 12.1. The topological polar surface area (TPSA) is 20.9 Å². The lowest BCUT2D eigenvalue weighted by molar-refractivity contribution is -0.955. The van der Waals surface area contributed by atoms with Crippen molar-refractivity contribution in [2.75, 3.05) is 0 Å². The van der Waals surface area contributed by atoms with Gasteiger partial charge < -0.3 is 4.42 Å². The number of benzene rings is 2. The molecule has 1 spiro atoms. The van der Waals surface area contributed by atoms with Gasteiger partial charge in [0, 0.05) is 41.6 Å². The van der Waals surface area contributed by atoms with E-state index in [1.807, 2.05) is 0 Å². The van der Waals surface area contributed by atoms with Gasteiger partial charge in [0.05, 0.1) is 5.56 Å². The summed E-state index contributed by atoms with van der Waals surface area (Å²) in [4.78, 5) is 0. The van der Waals surface area contributed by atoms with Crippen molar-refractivity contribution in [2.45, 2.75) is 64.5 Å². The average Bonchev–Trinajstić information content (AvgIpc) is 3.52. The lowest BCUT2D eigenvalue weighted by Crippen LogP contribution is -2.71. The van der Waals surface area contributed by atoms with Crippen LogP contribution in [0.5, 0.6) is 0 Å². The van der Waals surface area contributed by atoms with Crippen LogP contribution in [0.2, 0.25) is 0 Å². The smallest absolute Gasteiger partial charge is 0.417 e. The molecule has 37 heavy (non-hydrogen) atoms. The number of aryl methyl sites for hydroxylation is 3. The third-order valence-electron chi connectivity index (χ3n) is 9.01. The van der Waals surface area contributed by atoms with Gasteiger partial charge in [-0.15, -0.1) is 9.13 Å². The molecule has 0 amide bonds. The fourth-order valence-corrected chi connectivity index (χ4v) is 7.35. The highest BCUT2D eigenvalue weighted by molar-refractivity contribution is 5.99. The molecular formula is C34H32N2O+2. The normalized spacial score (nSPS) is 19.0. The molecule has 5 heterocycles. The minimum absolute atomic E-state index is 0.0519. The second kappa shape index (κ2) is 6.98. The summed E-state index contributed by atoms with van der Waals surface area (Å²) in [5.41, 5.74) is 12.5. The molecule has 0 saturated carbocycles. The highest BCUT2D eigenvalue weighted by Crippen LogP contribution is 2.51. The summed E-state index contributed by atoms with van der Waals surface area (Å²) in [6.07, 6.45) is 9.21. The van der Waals surface area contributed by atoms with Crippen molar-refractivity contribution in [1.82, 2.24) is 0 Å². The minimum atomic E-state index is -0.486. The van der Waals surface area contributed by atoms with Gasteiger partial charge in [0.25, 0.3) is 0 Å². The first-order valence-electron chi connectivity index (χ1n) is 13.7. The van der Waals surface area contributed by atoms with E-state index >= 15 is 0 Å². The van der Waals surface area contributed by atoms with Crippen molar-refractivity contribution >= 4 is 11.0 Å². The van der Waals surface area contributed by atoms with Crippen LogP contribution in [-0.4, -0.2) is 0 Å². The van der Waals surface area contributed by atoms with Crippen LogP contribution in [0.4, 0.5) is 0 Å². The maximum atomic E-state index is 6.85. The summed E-state index contributed by atoms with van der Waals surface area (Å²) in [6, 6.07) is 22.7. The Hall–Kier alpha value is -3.72. The third-order valence-corrected chi connectivity index (χ3v) is 9.01. The Kier molecular flexibility index (Phi) is 4.03. The van der Waals surface area contributed by atoms with E-state index in [1.54, 1.807) is 0 Å². The maximum absolute atomic E-state index is 6.85. The molecule has 3 aromatic heterocycles. The summed E-state index contributed by atoms with van der Waals surface area (Å²) in [5, 5.41) is 1.35. The first-order valence-corrected chi connectivity index (χ1v) is 13.7. The Morgan fingerprint density at radius 3 is 2.46 bits per heavy atom. The van der Waals surface area contributed by atoms with Crippen LogP contribution >= 0.6 is 0 Å². The number of rotatable bonds is 0. The van der Waals surface area contributed by atoms with Gasteiger partial charge in [-0.25, -0.2) is 0 Å². The largest absolute Gasteiger partial charge is 0.460 e. The van der Waals surface area contributed by atoms with Gasteiger partial charge in [0.2, 0.25) is 11.4 Å². The van der Waals surface area contributed by atoms with Crippen molar-refractivity contribution in [3.8, 4) is 22.5 Å². The summed E-state index contributed by atoms with van der Waals surface area (Å²) in [6.45, 7) is 9.19. The molecule has 0 bridgehead atoms. The van der Waals surface area contributed by atoms with E-state index in [-0.39, 0.29) is 5.41 Å². The highest BCUT2D eigenvalue weighted by atomic mass is 16.3. The van der Waals surface area contributed by atoms with E-state index in [0.717, 1.165) is 18.4 Å². The lowest BCUT2D eigenvalue weighted by atomic mass is 9.85. The van der Waals surface area contributed by atoms with Crippen molar-refractivity contribution in [2.24, 2.45) is 0 Å². The Labute approximate surface area is 218 Å². The van der Waals surface area contributed by atoms with Gasteiger partial charge in [-0.3, -0.25) is 0 Å². The van der Waals surface area contributed by atoms with Gasteiger partial charge in [-0.1, -0.05) is 32.9 Å². The first-order chi connectivity index (χ1) is 17.9. The highest BCUT2D eigenvalue weighted by Gasteiger charge is 2.67. The molecule has 0 radical (unpaired) electrons. The van der Waals surface area contributed by atoms with Gasteiger partial charge >= 0.3 is 5.66 Å². The van der Waals surface area contributed by atoms with E-state index in [4.69, 9.17) is 4.42 Å². The number of hydrogen-bond acceptors (Lipinski definition) is 1. The second-order valence-electron chi connectivity index (χ2n) is 12.1. The van der Waals surface area contributed by atoms with Gasteiger partial charge in [0.15, 0.2) is 12.4 Å². The Balaban J connectivity index is 1.59. The molecule has 0 saturated heterocycles. The van der Waals surface area contributed by atoms with Crippen molar-refractivity contribution < 1.29 is 13.6 Å². The van der Waals surface area contributed by atoms with Crippen LogP contribution < -0.4 is 9.13 Å². The third kappa shape index (κ3) is 2.52. The summed E-state index contributed by atoms with van der Waals surface area (Å²) in [5.74, 6) is 1.21. The quantitative estimate of drug-likeness (QED) is 0.218. The average molecular weight is 485 g/mol. The molecular weight excluding hydrogens is 452 g/mol. The summed E-state index contributed by atoms with van der Waals surface area (Å²) >= 11 is 0. The Bertz CT molecular complexity index is 1740. The maximum Gasteiger partial charge on any atom is 0.417 e. The molecule has 8 rings (SSSR count). The van der Waals surface area contributed by atoms with Crippen LogP contribution in [0.15, 0.2) is 77.5 Å². The van der Waals surface area contributed by atoms with Crippen molar-refractivity contribution in [1.29, 1.82) is 0 Å². The van der Waals surface area contributed by atoms with Crippen molar-refractivity contribution in [3.63, 3.8) is 0 Å². The number of hydrogen-bond donors (Lipinski definition) is 0. The van der Waals surface area contributed by atoms with Gasteiger partial charge in [0.1, 0.15) is 28.0 Å². The number of aromatic nitrogens is 2. The molecule has 3 heteroatoms. The zero-order chi connectivity index (χ0) is 25.1. The lowest BCUT2D eigenvalue weighted by Gasteiger charge is -2.20. The molecule has 0 N–H and O–H groups in total. The van der Waals surface area contributed by atoms with Crippen LogP contribution in [0.25, 0.3) is 33.5 Å². The summed E-state index contributed by atoms with van der Waals surface area (Å²) in [7, 11) is 0. The van der Waals surface area contributed by atoms with Crippen LogP contribution in [0.1, 0.15) is 67.2 Å². The zero-order valence-corrected chi connectivity index (χ0v) is 22.1. The molecule has 3 aliphatic rings. The predicted octanol–water partition coefficient (Wildman–Crippen LogP) is 6.75. The Morgan fingerprint density at radius 2 is 1.59 bits per heavy atom. The SMILES string of the molecule is Cc1cc2c(c3oc4c(c13)CCCC4)-c1cc(C(C)(C)C)cc[n+]1C21c2ccccc2-c2cccc[n+]21. The molecule has 0 fully saturated rings. The monoisotopic (exact) mass is 484 g/mol. The molecule has 2 aliphatic heterocycles. The number of pyridine rings is 2. The number of fused-ring (bicyclic) bond motifs is 14. The van der Waals surface area contributed by atoms with E-state index in [1.165, 1.54) is 74.3 Å². The number of furan rings is 1. The molecule has 1 aliphatic carbocycles.